The molecule has 1 aromatic carbocycles. The maximum Gasteiger partial charge on any atom is 0.0434 e. The van der Waals surface area contributed by atoms with Gasteiger partial charge in [0.05, 0.1) is 0 Å². The van der Waals surface area contributed by atoms with Crippen LogP contribution in [0.25, 0.3) is 0 Å². The summed E-state index contributed by atoms with van der Waals surface area (Å²) < 4.78 is 0. The number of hydrogen-bond acceptors (Lipinski definition) is 2. The molecule has 0 unspecified atom stereocenters. The molecule has 1 saturated carbocycles. The fourth-order valence-electron chi connectivity index (χ4n) is 3.13. The van der Waals surface area contributed by atoms with Crippen LogP contribution in [0.15, 0.2) is 24.3 Å². The van der Waals surface area contributed by atoms with Gasteiger partial charge in [-0.1, -0.05) is 18.6 Å². The number of anilines is 1. The first kappa shape index (κ1) is 11.1. The lowest BCUT2D eigenvalue weighted by molar-refractivity contribution is 0.0904. The Kier molecular flexibility index (Phi) is 2.83. The molecule has 1 heterocycles. The van der Waals surface area contributed by atoms with E-state index < -0.39 is 0 Å². The molecule has 0 amide bonds. The Labute approximate surface area is 103 Å². The van der Waals surface area contributed by atoms with Crippen LogP contribution in [-0.4, -0.2) is 24.8 Å². The summed E-state index contributed by atoms with van der Waals surface area (Å²) in [4.78, 5) is 2.50. The number of rotatable bonds is 4. The van der Waals surface area contributed by atoms with Gasteiger partial charge in [0.15, 0.2) is 0 Å². The summed E-state index contributed by atoms with van der Waals surface area (Å²) in [6, 6.07) is 8.82. The van der Waals surface area contributed by atoms with Gasteiger partial charge in [-0.2, -0.15) is 0 Å². The van der Waals surface area contributed by atoms with E-state index in [1.54, 1.807) is 0 Å². The topological polar surface area (TPSA) is 23.5 Å². The Balaban J connectivity index is 1.63. The Morgan fingerprint density at radius 1 is 1.24 bits per heavy atom. The third-order valence-electron chi connectivity index (χ3n) is 4.37. The van der Waals surface area contributed by atoms with E-state index in [2.05, 4.69) is 29.2 Å². The van der Waals surface area contributed by atoms with Crippen molar-refractivity contribution in [3.05, 3.63) is 29.8 Å². The lowest BCUT2D eigenvalue weighted by Gasteiger charge is -2.57. The molecule has 2 aliphatic rings. The van der Waals surface area contributed by atoms with Gasteiger partial charge >= 0.3 is 0 Å². The van der Waals surface area contributed by atoms with Crippen LogP contribution >= 0.6 is 0 Å². The summed E-state index contributed by atoms with van der Waals surface area (Å²) >= 11 is 0. The largest absolute Gasteiger partial charge is 0.396 e. The van der Waals surface area contributed by atoms with Crippen molar-refractivity contribution in [1.29, 1.82) is 0 Å². The maximum absolute atomic E-state index is 8.86. The molecule has 17 heavy (non-hydrogen) atoms. The average Bonchev–Trinajstić information content (AvgIpc) is 2.23. The van der Waals surface area contributed by atoms with Crippen molar-refractivity contribution < 1.29 is 5.11 Å². The van der Waals surface area contributed by atoms with Gasteiger partial charge in [0.1, 0.15) is 0 Å². The zero-order chi connectivity index (χ0) is 11.7. The van der Waals surface area contributed by atoms with Gasteiger partial charge in [-0.3, -0.25) is 0 Å². The SMILES string of the molecule is OCCCc1cccc(N2CC3(CCC3)C2)c1. The van der Waals surface area contributed by atoms with Crippen LogP contribution < -0.4 is 4.90 Å². The van der Waals surface area contributed by atoms with E-state index in [9.17, 15) is 0 Å². The summed E-state index contributed by atoms with van der Waals surface area (Å²) in [5.41, 5.74) is 3.42. The summed E-state index contributed by atoms with van der Waals surface area (Å²) in [6.07, 6.45) is 6.17. The van der Waals surface area contributed by atoms with Gasteiger partial charge < -0.3 is 10.0 Å². The van der Waals surface area contributed by atoms with Crippen molar-refractivity contribution in [3.63, 3.8) is 0 Å². The predicted octanol–water partition coefficient (Wildman–Crippen LogP) is 2.60. The molecule has 1 spiro atoms. The zero-order valence-electron chi connectivity index (χ0n) is 10.4. The summed E-state index contributed by atoms with van der Waals surface area (Å²) in [5, 5.41) is 8.86. The first-order valence-corrected chi connectivity index (χ1v) is 6.76. The number of aliphatic hydroxyl groups is 1. The van der Waals surface area contributed by atoms with Crippen molar-refractivity contribution >= 4 is 5.69 Å². The second-order valence-electron chi connectivity index (χ2n) is 5.71. The monoisotopic (exact) mass is 231 g/mol. The van der Waals surface area contributed by atoms with Gasteiger partial charge in [0.25, 0.3) is 0 Å². The van der Waals surface area contributed by atoms with Gasteiger partial charge in [0.2, 0.25) is 0 Å². The number of nitrogens with zero attached hydrogens (tertiary/aromatic N) is 1. The highest BCUT2D eigenvalue weighted by molar-refractivity contribution is 5.52. The molecule has 2 fully saturated rings. The minimum atomic E-state index is 0.289. The molecule has 0 bridgehead atoms. The standard InChI is InChI=1S/C15H21NO/c17-9-2-5-13-4-1-6-14(10-13)16-11-15(12-16)7-3-8-15/h1,4,6,10,17H,2-3,5,7-9,11-12H2. The quantitative estimate of drug-likeness (QED) is 0.861. The molecular weight excluding hydrogens is 210 g/mol. The van der Waals surface area contributed by atoms with E-state index in [1.165, 1.54) is 43.6 Å². The normalized spacial score (nSPS) is 21.1. The van der Waals surface area contributed by atoms with Crippen LogP contribution in [0.4, 0.5) is 5.69 Å². The molecule has 1 N–H and O–H groups in total. The molecule has 1 aromatic rings. The summed E-state index contributed by atoms with van der Waals surface area (Å²) in [7, 11) is 0. The van der Waals surface area contributed by atoms with Crippen molar-refractivity contribution in [2.75, 3.05) is 24.6 Å². The van der Waals surface area contributed by atoms with Gasteiger partial charge in [0, 0.05) is 30.8 Å². The first-order chi connectivity index (χ1) is 8.31. The molecule has 3 rings (SSSR count). The number of aliphatic hydroxyl groups excluding tert-OH is 1. The number of benzene rings is 1. The zero-order valence-corrected chi connectivity index (χ0v) is 10.4. The summed E-state index contributed by atoms with van der Waals surface area (Å²) in [6.45, 7) is 2.81. The van der Waals surface area contributed by atoms with Crippen LogP contribution in [0.2, 0.25) is 0 Å². The van der Waals surface area contributed by atoms with E-state index in [-0.39, 0.29) is 6.61 Å². The minimum Gasteiger partial charge on any atom is -0.396 e. The highest BCUT2D eigenvalue weighted by Crippen LogP contribution is 2.49. The van der Waals surface area contributed by atoms with Crippen molar-refractivity contribution in [2.24, 2.45) is 5.41 Å². The van der Waals surface area contributed by atoms with E-state index in [4.69, 9.17) is 5.11 Å². The first-order valence-electron chi connectivity index (χ1n) is 6.76. The van der Waals surface area contributed by atoms with E-state index in [0.717, 1.165) is 12.8 Å². The van der Waals surface area contributed by atoms with Gasteiger partial charge in [-0.05, 0) is 43.4 Å². The highest BCUT2D eigenvalue weighted by Gasteiger charge is 2.47. The highest BCUT2D eigenvalue weighted by atomic mass is 16.2. The number of hydrogen-bond donors (Lipinski definition) is 1. The number of aryl methyl sites for hydroxylation is 1. The molecule has 1 aliphatic heterocycles. The molecule has 1 saturated heterocycles. The smallest absolute Gasteiger partial charge is 0.0434 e. The molecule has 0 atom stereocenters. The summed E-state index contributed by atoms with van der Waals surface area (Å²) in [5.74, 6) is 0. The third-order valence-corrected chi connectivity index (χ3v) is 4.37. The Bertz CT molecular complexity index is 390. The molecule has 0 aromatic heterocycles. The fourth-order valence-corrected chi connectivity index (χ4v) is 3.13. The molecule has 2 heteroatoms. The minimum absolute atomic E-state index is 0.289. The molecule has 1 aliphatic carbocycles. The Morgan fingerprint density at radius 2 is 2.06 bits per heavy atom. The van der Waals surface area contributed by atoms with Crippen LogP contribution in [0.3, 0.4) is 0 Å². The van der Waals surface area contributed by atoms with Crippen molar-refractivity contribution in [3.8, 4) is 0 Å². The van der Waals surface area contributed by atoms with Crippen LogP contribution in [0.5, 0.6) is 0 Å². The maximum atomic E-state index is 8.86. The van der Waals surface area contributed by atoms with Gasteiger partial charge in [-0.15, -0.1) is 0 Å². The average molecular weight is 231 g/mol. The second-order valence-corrected chi connectivity index (χ2v) is 5.71. The van der Waals surface area contributed by atoms with Crippen LogP contribution in [-0.2, 0) is 6.42 Å². The van der Waals surface area contributed by atoms with Crippen molar-refractivity contribution in [2.45, 2.75) is 32.1 Å². The van der Waals surface area contributed by atoms with E-state index >= 15 is 0 Å². The van der Waals surface area contributed by atoms with Crippen LogP contribution in [0.1, 0.15) is 31.2 Å². The lowest BCUT2D eigenvalue weighted by Crippen LogP contribution is -2.59. The van der Waals surface area contributed by atoms with Crippen LogP contribution in [0, 0.1) is 5.41 Å². The predicted molar refractivity (Wildman–Crippen MR) is 70.3 cm³/mol. The van der Waals surface area contributed by atoms with Crippen molar-refractivity contribution in [1.82, 2.24) is 0 Å². The molecular formula is C15H21NO. The third kappa shape index (κ3) is 2.06. The van der Waals surface area contributed by atoms with E-state index in [1.807, 2.05) is 0 Å². The molecule has 0 radical (unpaired) electrons. The second kappa shape index (κ2) is 4.34. The molecule has 92 valence electrons. The molecule has 2 nitrogen and oxygen atoms in total. The van der Waals surface area contributed by atoms with E-state index in [0.29, 0.717) is 5.41 Å². The van der Waals surface area contributed by atoms with Gasteiger partial charge in [-0.25, -0.2) is 0 Å². The Hall–Kier alpha value is -1.02. The Morgan fingerprint density at radius 3 is 2.71 bits per heavy atom. The fraction of sp³-hybridized carbons (Fsp3) is 0.600. The lowest BCUT2D eigenvalue weighted by atomic mass is 9.63.